The number of carbonyl (C=O) groups excluding carboxylic acids is 1. The van der Waals surface area contributed by atoms with E-state index < -0.39 is 0 Å². The number of aryl methyl sites for hydroxylation is 1. The molecule has 33 heavy (non-hydrogen) atoms. The maximum atomic E-state index is 12.8. The predicted octanol–water partition coefficient (Wildman–Crippen LogP) is 4.31. The van der Waals surface area contributed by atoms with Gasteiger partial charge < -0.3 is 15.1 Å². The fourth-order valence-corrected chi connectivity index (χ4v) is 4.26. The first-order chi connectivity index (χ1) is 16.1. The average Bonchev–Trinajstić information content (AvgIpc) is 2.87. The first-order valence-electron chi connectivity index (χ1n) is 11.8. The summed E-state index contributed by atoms with van der Waals surface area (Å²) in [5.74, 6) is 0.975. The molecule has 1 saturated heterocycles. The van der Waals surface area contributed by atoms with Gasteiger partial charge in [0.25, 0.3) is 0 Å². The summed E-state index contributed by atoms with van der Waals surface area (Å²) in [6, 6.07) is 22.6. The molecule has 4 rings (SSSR count). The van der Waals surface area contributed by atoms with Gasteiger partial charge in [0.2, 0.25) is 5.91 Å². The monoisotopic (exact) mass is 443 g/mol. The van der Waals surface area contributed by atoms with E-state index in [0.717, 1.165) is 49.4 Å². The molecule has 0 bridgehead atoms. The van der Waals surface area contributed by atoms with Crippen LogP contribution in [-0.2, 0) is 4.79 Å². The average molecular weight is 444 g/mol. The Hall–Kier alpha value is -3.41. The molecule has 0 aliphatic carbocycles. The maximum Gasteiger partial charge on any atom is 0.224 e. The van der Waals surface area contributed by atoms with E-state index in [1.165, 1.54) is 11.3 Å². The number of carbonyl (C=O) groups is 1. The van der Waals surface area contributed by atoms with Crippen molar-refractivity contribution in [3.05, 3.63) is 72.3 Å². The van der Waals surface area contributed by atoms with Crippen molar-refractivity contribution >= 4 is 17.4 Å². The molecule has 0 unspecified atom stereocenters. The number of rotatable bonds is 8. The molecule has 0 spiro atoms. The Morgan fingerprint density at radius 3 is 2.58 bits per heavy atom. The zero-order chi connectivity index (χ0) is 23.0. The van der Waals surface area contributed by atoms with Crippen molar-refractivity contribution in [1.29, 1.82) is 0 Å². The summed E-state index contributed by atoms with van der Waals surface area (Å²) in [5, 5.41) is 12.0. The smallest absolute Gasteiger partial charge is 0.224 e. The van der Waals surface area contributed by atoms with E-state index in [-0.39, 0.29) is 11.8 Å². The molecular formula is C27H33N5O. The predicted molar refractivity (Wildman–Crippen MR) is 134 cm³/mol. The zero-order valence-electron chi connectivity index (χ0n) is 19.6. The molecular weight excluding hydrogens is 410 g/mol. The Labute approximate surface area is 196 Å². The van der Waals surface area contributed by atoms with Crippen LogP contribution in [0.4, 0.5) is 11.5 Å². The second kappa shape index (κ2) is 10.9. The summed E-state index contributed by atoms with van der Waals surface area (Å²) < 4.78 is 0. The zero-order valence-corrected chi connectivity index (χ0v) is 19.6. The van der Waals surface area contributed by atoms with E-state index in [0.29, 0.717) is 13.1 Å². The summed E-state index contributed by atoms with van der Waals surface area (Å²) >= 11 is 0. The highest BCUT2D eigenvalue weighted by Crippen LogP contribution is 2.23. The van der Waals surface area contributed by atoms with Crippen molar-refractivity contribution in [1.82, 2.24) is 15.5 Å². The lowest BCUT2D eigenvalue weighted by molar-refractivity contribution is -0.125. The molecule has 172 valence electrons. The van der Waals surface area contributed by atoms with Crippen molar-refractivity contribution in [2.45, 2.75) is 26.2 Å². The third-order valence-electron chi connectivity index (χ3n) is 6.28. The number of anilines is 2. The minimum absolute atomic E-state index is 0.0100. The van der Waals surface area contributed by atoms with Crippen LogP contribution < -0.4 is 15.1 Å². The van der Waals surface area contributed by atoms with E-state index in [2.05, 4.69) is 75.7 Å². The van der Waals surface area contributed by atoms with E-state index in [1.54, 1.807) is 0 Å². The van der Waals surface area contributed by atoms with Gasteiger partial charge in [-0.3, -0.25) is 4.79 Å². The lowest BCUT2D eigenvalue weighted by Crippen LogP contribution is -2.44. The number of amides is 1. The Morgan fingerprint density at radius 1 is 1.06 bits per heavy atom. The molecule has 1 aromatic heterocycles. The summed E-state index contributed by atoms with van der Waals surface area (Å²) in [7, 11) is 2.08. The molecule has 1 fully saturated rings. The fraction of sp³-hybridized carbons (Fsp3) is 0.370. The molecule has 2 aromatic carbocycles. The first-order valence-corrected chi connectivity index (χ1v) is 11.8. The molecule has 6 nitrogen and oxygen atoms in total. The first kappa shape index (κ1) is 22.8. The van der Waals surface area contributed by atoms with E-state index in [1.807, 2.05) is 30.3 Å². The Balaban J connectivity index is 1.25. The Bertz CT molecular complexity index is 1020. The van der Waals surface area contributed by atoms with Gasteiger partial charge in [-0.25, -0.2) is 0 Å². The number of hydrogen-bond donors (Lipinski definition) is 1. The quantitative estimate of drug-likeness (QED) is 0.526. The number of hydrogen-bond acceptors (Lipinski definition) is 5. The van der Waals surface area contributed by atoms with Crippen LogP contribution in [0.15, 0.2) is 66.7 Å². The van der Waals surface area contributed by atoms with Crippen LogP contribution in [0.5, 0.6) is 0 Å². The Kier molecular flexibility index (Phi) is 7.55. The second-order valence-corrected chi connectivity index (χ2v) is 8.83. The molecule has 1 atom stereocenters. The molecule has 2 heterocycles. The third-order valence-corrected chi connectivity index (χ3v) is 6.28. The number of nitrogens with one attached hydrogen (secondary N) is 1. The van der Waals surface area contributed by atoms with Crippen LogP contribution in [0.1, 0.15) is 24.8 Å². The molecule has 0 saturated carbocycles. The lowest BCUT2D eigenvalue weighted by atomic mass is 9.97. The number of piperidine rings is 1. The minimum atomic E-state index is -0.0100. The second-order valence-electron chi connectivity index (χ2n) is 8.83. The summed E-state index contributed by atoms with van der Waals surface area (Å²) in [6.45, 7) is 5.27. The van der Waals surface area contributed by atoms with Gasteiger partial charge in [0.1, 0.15) is 0 Å². The molecule has 1 aliphatic rings. The van der Waals surface area contributed by atoms with Crippen molar-refractivity contribution < 1.29 is 4.79 Å². The molecule has 6 heteroatoms. The van der Waals surface area contributed by atoms with Gasteiger partial charge in [-0.2, -0.15) is 0 Å². The normalized spacial score (nSPS) is 15.8. The SMILES string of the molecule is Cc1ccc(-c2ccc(N3CCC[C@@H](C(=O)NCCCN(C)c4ccccc4)C3)nn2)cc1. The van der Waals surface area contributed by atoms with Gasteiger partial charge in [-0.05, 0) is 50.5 Å². The van der Waals surface area contributed by atoms with Crippen LogP contribution in [0.3, 0.4) is 0 Å². The van der Waals surface area contributed by atoms with Crippen molar-refractivity contribution in [3.8, 4) is 11.3 Å². The third kappa shape index (κ3) is 6.09. The van der Waals surface area contributed by atoms with Crippen LogP contribution in [0.2, 0.25) is 0 Å². The van der Waals surface area contributed by atoms with Gasteiger partial charge in [-0.1, -0.05) is 48.0 Å². The number of para-hydroxylation sites is 1. The molecule has 3 aromatic rings. The largest absolute Gasteiger partial charge is 0.375 e. The highest BCUT2D eigenvalue weighted by Gasteiger charge is 2.26. The highest BCUT2D eigenvalue weighted by molar-refractivity contribution is 5.79. The standard InChI is InChI=1S/C27H33N5O/c1-21-11-13-22(14-12-21)25-15-16-26(30-29-25)32-19-6-8-23(20-32)27(33)28-17-7-18-31(2)24-9-4-3-5-10-24/h3-5,9-16,23H,6-8,17-20H2,1-2H3,(H,28,33)/t23-/m1/s1. The van der Waals surface area contributed by atoms with Crippen LogP contribution in [0.25, 0.3) is 11.3 Å². The van der Waals surface area contributed by atoms with Gasteiger partial charge in [0.15, 0.2) is 5.82 Å². The molecule has 1 N–H and O–H groups in total. The Morgan fingerprint density at radius 2 is 1.85 bits per heavy atom. The molecule has 0 radical (unpaired) electrons. The highest BCUT2D eigenvalue weighted by atomic mass is 16.1. The van der Waals surface area contributed by atoms with Crippen molar-refractivity contribution in [3.63, 3.8) is 0 Å². The summed E-state index contributed by atoms with van der Waals surface area (Å²) in [4.78, 5) is 17.2. The van der Waals surface area contributed by atoms with Crippen LogP contribution >= 0.6 is 0 Å². The molecule has 1 amide bonds. The van der Waals surface area contributed by atoms with Crippen molar-refractivity contribution in [2.75, 3.05) is 43.0 Å². The molecule has 1 aliphatic heterocycles. The van der Waals surface area contributed by atoms with E-state index in [9.17, 15) is 4.79 Å². The van der Waals surface area contributed by atoms with Gasteiger partial charge in [0.05, 0.1) is 11.6 Å². The van der Waals surface area contributed by atoms with Gasteiger partial charge in [0, 0.05) is 44.5 Å². The van der Waals surface area contributed by atoms with Crippen LogP contribution in [-0.4, -0.2) is 49.3 Å². The van der Waals surface area contributed by atoms with E-state index in [4.69, 9.17) is 0 Å². The number of aromatic nitrogens is 2. The lowest BCUT2D eigenvalue weighted by Gasteiger charge is -2.32. The van der Waals surface area contributed by atoms with Gasteiger partial charge in [-0.15, -0.1) is 10.2 Å². The van der Waals surface area contributed by atoms with Crippen molar-refractivity contribution in [2.24, 2.45) is 5.92 Å². The van der Waals surface area contributed by atoms with Crippen LogP contribution in [0, 0.1) is 12.8 Å². The maximum absolute atomic E-state index is 12.8. The summed E-state index contributed by atoms with van der Waals surface area (Å²) in [6.07, 6.45) is 2.82. The number of nitrogens with zero attached hydrogens (tertiary/aromatic N) is 4. The topological polar surface area (TPSA) is 61.4 Å². The fourth-order valence-electron chi connectivity index (χ4n) is 4.26. The van der Waals surface area contributed by atoms with E-state index >= 15 is 0 Å². The summed E-state index contributed by atoms with van der Waals surface area (Å²) in [5.41, 5.74) is 4.35. The number of benzene rings is 2. The minimum Gasteiger partial charge on any atom is -0.375 e. The van der Waals surface area contributed by atoms with Gasteiger partial charge >= 0.3 is 0 Å².